The summed E-state index contributed by atoms with van der Waals surface area (Å²) >= 11 is 0. The lowest BCUT2D eigenvalue weighted by Crippen LogP contribution is -2.47. The van der Waals surface area contributed by atoms with Gasteiger partial charge in [0, 0.05) is 0 Å². The fourth-order valence-corrected chi connectivity index (χ4v) is 3.01. The van der Waals surface area contributed by atoms with Gasteiger partial charge in [0.2, 0.25) is 0 Å². The van der Waals surface area contributed by atoms with Gasteiger partial charge in [-0.25, -0.2) is 0 Å². The molecule has 1 saturated carbocycles. The van der Waals surface area contributed by atoms with E-state index in [9.17, 15) is 9.59 Å². The van der Waals surface area contributed by atoms with E-state index in [-0.39, 0.29) is 35.7 Å². The minimum absolute atomic E-state index is 0.00886. The van der Waals surface area contributed by atoms with Crippen molar-refractivity contribution < 1.29 is 23.8 Å². The van der Waals surface area contributed by atoms with Crippen LogP contribution in [0.4, 0.5) is 0 Å². The number of hydrogen-bond donors (Lipinski definition) is 0. The molecular formula is C20H36O5. The highest BCUT2D eigenvalue weighted by molar-refractivity contribution is 5.76. The Morgan fingerprint density at radius 2 is 1.68 bits per heavy atom. The molecule has 1 aliphatic carbocycles. The van der Waals surface area contributed by atoms with Crippen molar-refractivity contribution in [2.45, 2.75) is 98.4 Å². The highest BCUT2D eigenvalue weighted by atomic mass is 16.6. The Morgan fingerprint density at radius 1 is 1.04 bits per heavy atom. The first-order chi connectivity index (χ1) is 11.5. The summed E-state index contributed by atoms with van der Waals surface area (Å²) in [4.78, 5) is 24.5. The maximum Gasteiger partial charge on any atom is 0.311 e. The van der Waals surface area contributed by atoms with E-state index in [2.05, 4.69) is 0 Å². The Hall–Kier alpha value is -1.10. The molecule has 0 spiro atoms. The SMILES string of the molecule is CCOC(=O)CC1CCCC(OC(=O)C(C)(C)CC)C1OC(C)(C)C. The molecule has 1 rings (SSSR count). The fraction of sp³-hybridized carbons (Fsp3) is 0.900. The minimum Gasteiger partial charge on any atom is -0.466 e. The predicted molar refractivity (Wildman–Crippen MR) is 97.2 cm³/mol. The third kappa shape index (κ3) is 6.96. The van der Waals surface area contributed by atoms with E-state index in [4.69, 9.17) is 14.2 Å². The Balaban J connectivity index is 2.92. The van der Waals surface area contributed by atoms with Crippen LogP contribution in [-0.4, -0.2) is 36.4 Å². The van der Waals surface area contributed by atoms with Crippen molar-refractivity contribution in [1.82, 2.24) is 0 Å². The van der Waals surface area contributed by atoms with Gasteiger partial charge in [-0.1, -0.05) is 6.92 Å². The summed E-state index contributed by atoms with van der Waals surface area (Å²) in [5.74, 6) is -0.398. The van der Waals surface area contributed by atoms with E-state index in [1.807, 2.05) is 41.5 Å². The van der Waals surface area contributed by atoms with Gasteiger partial charge in [-0.2, -0.15) is 0 Å². The quantitative estimate of drug-likeness (QED) is 0.637. The molecule has 0 aromatic carbocycles. The average Bonchev–Trinajstić information content (AvgIpc) is 2.49. The molecular weight excluding hydrogens is 320 g/mol. The van der Waals surface area contributed by atoms with Crippen molar-refractivity contribution in [2.24, 2.45) is 11.3 Å². The van der Waals surface area contributed by atoms with Crippen molar-refractivity contribution >= 4 is 11.9 Å². The predicted octanol–water partition coefficient (Wildman–Crippen LogP) is 4.27. The summed E-state index contributed by atoms with van der Waals surface area (Å²) in [5, 5.41) is 0. The number of esters is 2. The molecule has 146 valence electrons. The lowest BCUT2D eigenvalue weighted by Gasteiger charge is -2.41. The molecule has 0 aromatic heterocycles. The summed E-state index contributed by atoms with van der Waals surface area (Å²) in [5.41, 5.74) is -0.889. The lowest BCUT2D eigenvalue weighted by atomic mass is 9.81. The van der Waals surface area contributed by atoms with Gasteiger partial charge >= 0.3 is 11.9 Å². The first-order valence-electron chi connectivity index (χ1n) is 9.54. The summed E-state index contributed by atoms with van der Waals surface area (Å²) in [6, 6.07) is 0. The third-order valence-electron chi connectivity index (χ3n) is 4.81. The monoisotopic (exact) mass is 356 g/mol. The second-order valence-corrected chi connectivity index (χ2v) is 8.58. The van der Waals surface area contributed by atoms with Crippen LogP contribution in [0.15, 0.2) is 0 Å². The van der Waals surface area contributed by atoms with Crippen LogP contribution < -0.4 is 0 Å². The summed E-state index contributed by atoms with van der Waals surface area (Å²) in [7, 11) is 0. The molecule has 0 amide bonds. The number of rotatable bonds is 7. The molecule has 3 atom stereocenters. The number of ether oxygens (including phenoxy) is 3. The van der Waals surface area contributed by atoms with E-state index >= 15 is 0 Å². The van der Waals surface area contributed by atoms with Crippen molar-refractivity contribution in [3.05, 3.63) is 0 Å². The second kappa shape index (κ2) is 9.02. The van der Waals surface area contributed by atoms with Crippen LogP contribution in [0.25, 0.3) is 0 Å². The van der Waals surface area contributed by atoms with Gasteiger partial charge in [-0.05, 0) is 73.1 Å². The standard InChI is InChI=1S/C20H36O5/c1-8-20(6,7)18(22)24-15-12-10-11-14(13-16(21)23-9-2)17(15)25-19(3,4)5/h14-15,17H,8-13H2,1-7H3. The Morgan fingerprint density at radius 3 is 2.20 bits per heavy atom. The molecule has 0 saturated heterocycles. The Kier molecular flexibility index (Phi) is 7.91. The fourth-order valence-electron chi connectivity index (χ4n) is 3.01. The highest BCUT2D eigenvalue weighted by Crippen LogP contribution is 2.35. The zero-order valence-corrected chi connectivity index (χ0v) is 17.0. The maximum atomic E-state index is 12.5. The summed E-state index contributed by atoms with van der Waals surface area (Å²) < 4.78 is 17.2. The van der Waals surface area contributed by atoms with Gasteiger partial charge in [-0.15, -0.1) is 0 Å². The molecule has 0 aromatic rings. The van der Waals surface area contributed by atoms with E-state index in [0.29, 0.717) is 13.0 Å². The van der Waals surface area contributed by atoms with Gasteiger partial charge < -0.3 is 14.2 Å². The lowest BCUT2D eigenvalue weighted by molar-refractivity contribution is -0.191. The first kappa shape index (κ1) is 21.9. The van der Waals surface area contributed by atoms with Gasteiger partial charge in [-0.3, -0.25) is 9.59 Å². The zero-order valence-electron chi connectivity index (χ0n) is 17.0. The smallest absolute Gasteiger partial charge is 0.311 e. The molecule has 25 heavy (non-hydrogen) atoms. The molecule has 5 nitrogen and oxygen atoms in total. The second-order valence-electron chi connectivity index (χ2n) is 8.58. The molecule has 0 radical (unpaired) electrons. The van der Waals surface area contributed by atoms with Crippen molar-refractivity contribution in [3.8, 4) is 0 Å². The molecule has 0 heterocycles. The van der Waals surface area contributed by atoms with E-state index < -0.39 is 5.41 Å². The summed E-state index contributed by atoms with van der Waals surface area (Å²) in [6.45, 7) is 13.9. The number of carbonyl (C=O) groups excluding carboxylic acids is 2. The molecule has 1 fully saturated rings. The van der Waals surface area contributed by atoms with E-state index in [1.165, 1.54) is 0 Å². The molecule has 5 heteroatoms. The number of hydrogen-bond acceptors (Lipinski definition) is 5. The third-order valence-corrected chi connectivity index (χ3v) is 4.81. The topological polar surface area (TPSA) is 61.8 Å². The molecule has 0 bridgehead atoms. The number of carbonyl (C=O) groups is 2. The first-order valence-corrected chi connectivity index (χ1v) is 9.54. The van der Waals surface area contributed by atoms with Crippen LogP contribution in [0.2, 0.25) is 0 Å². The van der Waals surface area contributed by atoms with Crippen molar-refractivity contribution in [1.29, 1.82) is 0 Å². The zero-order chi connectivity index (χ0) is 19.3. The minimum atomic E-state index is -0.514. The normalized spacial score (nSPS) is 24.7. The van der Waals surface area contributed by atoms with Gasteiger partial charge in [0.05, 0.1) is 30.1 Å². The van der Waals surface area contributed by atoms with Crippen molar-refractivity contribution in [3.63, 3.8) is 0 Å². The largest absolute Gasteiger partial charge is 0.466 e. The molecule has 1 aliphatic rings. The van der Waals surface area contributed by atoms with Gasteiger partial charge in [0.15, 0.2) is 0 Å². The van der Waals surface area contributed by atoms with Crippen LogP contribution in [-0.2, 0) is 23.8 Å². The van der Waals surface area contributed by atoms with E-state index in [1.54, 1.807) is 6.92 Å². The average molecular weight is 357 g/mol. The van der Waals surface area contributed by atoms with Crippen LogP contribution in [0.5, 0.6) is 0 Å². The molecule has 3 unspecified atom stereocenters. The summed E-state index contributed by atoms with van der Waals surface area (Å²) in [6.07, 6.45) is 2.99. The van der Waals surface area contributed by atoms with Gasteiger partial charge in [0.25, 0.3) is 0 Å². The molecule has 0 N–H and O–H groups in total. The van der Waals surface area contributed by atoms with Crippen LogP contribution in [0.3, 0.4) is 0 Å². The van der Waals surface area contributed by atoms with Crippen molar-refractivity contribution in [2.75, 3.05) is 6.61 Å². The van der Waals surface area contributed by atoms with Crippen LogP contribution in [0, 0.1) is 11.3 Å². The van der Waals surface area contributed by atoms with E-state index in [0.717, 1.165) is 25.7 Å². The Labute approximate surface area is 152 Å². The Bertz CT molecular complexity index is 449. The highest BCUT2D eigenvalue weighted by Gasteiger charge is 2.41. The maximum absolute atomic E-state index is 12.5. The molecule has 0 aliphatic heterocycles. The van der Waals surface area contributed by atoms with Crippen LogP contribution >= 0.6 is 0 Å². The van der Waals surface area contributed by atoms with Gasteiger partial charge in [0.1, 0.15) is 6.10 Å². The van der Waals surface area contributed by atoms with Crippen LogP contribution in [0.1, 0.15) is 80.6 Å².